The van der Waals surface area contributed by atoms with Crippen LogP contribution in [0.5, 0.6) is 0 Å². The summed E-state index contributed by atoms with van der Waals surface area (Å²) in [6, 6.07) is 1.89. The molecule has 0 unspecified atom stereocenters. The van der Waals surface area contributed by atoms with Crippen LogP contribution in [0.4, 0.5) is 4.79 Å². The Bertz CT molecular complexity index is 631. The lowest BCUT2D eigenvalue weighted by Crippen LogP contribution is -2.38. The standard InChI is InChI=1S/C15H22N4OS/c1-9-6-14(12(4)21-9)11(3)18-15(20)17-10(2)13-7-16-19(5)8-13/h6-8,10-11H,1-5H3,(H2,17,18,20)/t10-,11+/m0/s1. The number of amides is 2. The zero-order valence-corrected chi connectivity index (χ0v) is 13.9. The zero-order chi connectivity index (χ0) is 15.6. The minimum Gasteiger partial charge on any atom is -0.332 e. The molecule has 0 radical (unpaired) electrons. The van der Waals surface area contributed by atoms with Gasteiger partial charge in [0.15, 0.2) is 0 Å². The SMILES string of the molecule is Cc1cc([C@@H](C)NC(=O)N[C@@H](C)c2cnn(C)c2)c(C)s1. The summed E-state index contributed by atoms with van der Waals surface area (Å²) in [5.74, 6) is 0. The van der Waals surface area contributed by atoms with Crippen LogP contribution in [0, 0.1) is 13.8 Å². The van der Waals surface area contributed by atoms with Gasteiger partial charge in [-0.3, -0.25) is 4.68 Å². The third-order valence-corrected chi connectivity index (χ3v) is 4.45. The average Bonchev–Trinajstić information content (AvgIpc) is 2.95. The van der Waals surface area contributed by atoms with Crippen LogP contribution in [0.15, 0.2) is 18.5 Å². The highest BCUT2D eigenvalue weighted by molar-refractivity contribution is 7.12. The molecular formula is C15H22N4OS. The molecule has 2 aromatic heterocycles. The average molecular weight is 306 g/mol. The summed E-state index contributed by atoms with van der Waals surface area (Å²) in [5, 5.41) is 10.0. The number of thiophene rings is 1. The maximum absolute atomic E-state index is 12.1. The zero-order valence-electron chi connectivity index (χ0n) is 13.1. The normalized spacial score (nSPS) is 13.8. The van der Waals surface area contributed by atoms with E-state index in [9.17, 15) is 4.79 Å². The predicted octanol–water partition coefficient (Wildman–Crippen LogP) is 3.22. The number of hydrogen-bond acceptors (Lipinski definition) is 3. The smallest absolute Gasteiger partial charge is 0.315 e. The van der Waals surface area contributed by atoms with Crippen LogP contribution in [-0.2, 0) is 7.05 Å². The number of carbonyl (C=O) groups excluding carboxylic acids is 1. The molecule has 2 aromatic rings. The lowest BCUT2D eigenvalue weighted by Gasteiger charge is -2.17. The van der Waals surface area contributed by atoms with E-state index < -0.39 is 0 Å². The number of carbonyl (C=O) groups is 1. The van der Waals surface area contributed by atoms with Crippen molar-refractivity contribution in [3.63, 3.8) is 0 Å². The van der Waals surface area contributed by atoms with E-state index in [4.69, 9.17) is 0 Å². The van der Waals surface area contributed by atoms with E-state index in [-0.39, 0.29) is 18.1 Å². The van der Waals surface area contributed by atoms with Crippen molar-refractivity contribution in [2.45, 2.75) is 39.8 Å². The van der Waals surface area contributed by atoms with Gasteiger partial charge in [0.2, 0.25) is 0 Å². The Morgan fingerprint density at radius 1 is 1.29 bits per heavy atom. The highest BCUT2D eigenvalue weighted by Gasteiger charge is 2.16. The van der Waals surface area contributed by atoms with Crippen molar-refractivity contribution in [1.82, 2.24) is 20.4 Å². The molecule has 0 saturated carbocycles. The van der Waals surface area contributed by atoms with Crippen molar-refractivity contribution in [2.75, 3.05) is 0 Å². The lowest BCUT2D eigenvalue weighted by molar-refractivity contribution is 0.235. The van der Waals surface area contributed by atoms with Gasteiger partial charge in [0.05, 0.1) is 18.3 Å². The molecule has 0 aliphatic carbocycles. The third-order valence-electron chi connectivity index (χ3n) is 3.47. The molecule has 2 N–H and O–H groups in total. The maximum atomic E-state index is 12.1. The van der Waals surface area contributed by atoms with E-state index in [0.29, 0.717) is 0 Å². The lowest BCUT2D eigenvalue weighted by atomic mass is 10.1. The van der Waals surface area contributed by atoms with Gasteiger partial charge in [-0.2, -0.15) is 5.10 Å². The molecule has 2 rings (SSSR count). The van der Waals surface area contributed by atoms with Crippen LogP contribution in [0.2, 0.25) is 0 Å². The van der Waals surface area contributed by atoms with Crippen molar-refractivity contribution >= 4 is 17.4 Å². The number of urea groups is 1. The molecular weight excluding hydrogens is 284 g/mol. The molecule has 0 aliphatic heterocycles. The quantitative estimate of drug-likeness (QED) is 0.911. The van der Waals surface area contributed by atoms with E-state index in [0.717, 1.165) is 5.56 Å². The largest absolute Gasteiger partial charge is 0.332 e. The molecule has 0 fully saturated rings. The first-order chi connectivity index (χ1) is 9.86. The first-order valence-electron chi connectivity index (χ1n) is 6.99. The highest BCUT2D eigenvalue weighted by atomic mass is 32.1. The van der Waals surface area contributed by atoms with Gasteiger partial charge < -0.3 is 10.6 Å². The van der Waals surface area contributed by atoms with E-state index in [1.165, 1.54) is 15.3 Å². The van der Waals surface area contributed by atoms with Gasteiger partial charge >= 0.3 is 6.03 Å². The van der Waals surface area contributed by atoms with Crippen molar-refractivity contribution < 1.29 is 4.79 Å². The summed E-state index contributed by atoms with van der Waals surface area (Å²) < 4.78 is 1.73. The summed E-state index contributed by atoms with van der Waals surface area (Å²) in [6.07, 6.45) is 3.67. The fourth-order valence-electron chi connectivity index (χ4n) is 2.34. The van der Waals surface area contributed by atoms with Gasteiger partial charge in [-0.25, -0.2) is 4.79 Å². The Kier molecular flexibility index (Phi) is 4.67. The van der Waals surface area contributed by atoms with Gasteiger partial charge in [0.1, 0.15) is 0 Å². The highest BCUT2D eigenvalue weighted by Crippen LogP contribution is 2.26. The molecule has 5 nitrogen and oxygen atoms in total. The van der Waals surface area contributed by atoms with Crippen LogP contribution in [0.25, 0.3) is 0 Å². The number of nitrogens with one attached hydrogen (secondary N) is 2. The van der Waals surface area contributed by atoms with E-state index in [1.807, 2.05) is 27.1 Å². The minimum absolute atomic E-state index is 0.00366. The van der Waals surface area contributed by atoms with Gasteiger partial charge in [0, 0.05) is 28.6 Å². The van der Waals surface area contributed by atoms with Crippen molar-refractivity contribution in [1.29, 1.82) is 0 Å². The molecule has 21 heavy (non-hydrogen) atoms. The van der Waals surface area contributed by atoms with E-state index in [1.54, 1.807) is 22.2 Å². The summed E-state index contributed by atoms with van der Waals surface area (Å²) in [7, 11) is 1.86. The first kappa shape index (κ1) is 15.6. The second-order valence-electron chi connectivity index (χ2n) is 5.38. The van der Waals surface area contributed by atoms with Crippen LogP contribution in [-0.4, -0.2) is 15.8 Å². The molecule has 2 atom stereocenters. The molecule has 0 aliphatic rings. The number of rotatable bonds is 4. The Hall–Kier alpha value is -1.82. The number of nitrogens with zero attached hydrogens (tertiary/aromatic N) is 2. The molecule has 0 spiro atoms. The number of hydrogen-bond donors (Lipinski definition) is 2. The van der Waals surface area contributed by atoms with Gasteiger partial charge in [-0.15, -0.1) is 11.3 Å². The molecule has 114 valence electrons. The van der Waals surface area contributed by atoms with Crippen molar-refractivity contribution in [2.24, 2.45) is 7.05 Å². The molecule has 0 aromatic carbocycles. The summed E-state index contributed by atoms with van der Waals surface area (Å²) >= 11 is 1.76. The van der Waals surface area contributed by atoms with Crippen molar-refractivity contribution in [3.05, 3.63) is 39.3 Å². The number of aryl methyl sites for hydroxylation is 3. The summed E-state index contributed by atoms with van der Waals surface area (Å²) in [6.45, 7) is 8.11. The van der Waals surface area contributed by atoms with Crippen LogP contribution < -0.4 is 10.6 Å². The molecule has 0 bridgehead atoms. The van der Waals surface area contributed by atoms with Crippen LogP contribution in [0.3, 0.4) is 0 Å². The van der Waals surface area contributed by atoms with Crippen LogP contribution >= 0.6 is 11.3 Å². The predicted molar refractivity (Wildman–Crippen MR) is 85.5 cm³/mol. The Morgan fingerprint density at radius 3 is 2.48 bits per heavy atom. The Morgan fingerprint density at radius 2 is 1.95 bits per heavy atom. The topological polar surface area (TPSA) is 59.0 Å². The van der Waals surface area contributed by atoms with Gasteiger partial charge in [-0.05, 0) is 39.3 Å². The Labute approximate surface area is 129 Å². The Balaban J connectivity index is 1.94. The first-order valence-corrected chi connectivity index (χ1v) is 7.81. The molecule has 6 heteroatoms. The number of aromatic nitrogens is 2. The fraction of sp³-hybridized carbons (Fsp3) is 0.467. The van der Waals surface area contributed by atoms with Gasteiger partial charge in [-0.1, -0.05) is 0 Å². The maximum Gasteiger partial charge on any atom is 0.315 e. The minimum atomic E-state index is -0.165. The fourth-order valence-corrected chi connectivity index (χ4v) is 3.36. The van der Waals surface area contributed by atoms with E-state index >= 15 is 0 Å². The van der Waals surface area contributed by atoms with E-state index in [2.05, 4.69) is 35.6 Å². The monoisotopic (exact) mass is 306 g/mol. The van der Waals surface area contributed by atoms with Crippen LogP contribution in [0.1, 0.15) is 46.8 Å². The third kappa shape index (κ3) is 3.85. The second-order valence-corrected chi connectivity index (χ2v) is 6.84. The molecule has 0 saturated heterocycles. The molecule has 2 heterocycles. The second kappa shape index (κ2) is 6.30. The molecule has 2 amide bonds. The van der Waals surface area contributed by atoms with Crippen molar-refractivity contribution in [3.8, 4) is 0 Å². The van der Waals surface area contributed by atoms with Gasteiger partial charge in [0.25, 0.3) is 0 Å². The summed E-state index contributed by atoms with van der Waals surface area (Å²) in [4.78, 5) is 14.6. The summed E-state index contributed by atoms with van der Waals surface area (Å²) in [5.41, 5.74) is 2.17.